The normalized spacial score (nSPS) is 10.9. The van der Waals surface area contributed by atoms with Crippen LogP contribution in [0.5, 0.6) is 0 Å². The summed E-state index contributed by atoms with van der Waals surface area (Å²) in [6.45, 7) is 1.95. The van der Waals surface area contributed by atoms with Gasteiger partial charge in [-0.25, -0.2) is 4.98 Å². The number of hydrogen-bond acceptors (Lipinski definition) is 4. The summed E-state index contributed by atoms with van der Waals surface area (Å²) in [6.07, 6.45) is 0. The van der Waals surface area contributed by atoms with Crippen LogP contribution in [0, 0.1) is 10.5 Å². The van der Waals surface area contributed by atoms with Gasteiger partial charge in [0.1, 0.15) is 0 Å². The van der Waals surface area contributed by atoms with Gasteiger partial charge in [-0.1, -0.05) is 42.1 Å². The third-order valence-corrected chi connectivity index (χ3v) is 6.22. The fraction of sp³-hybridized carbons (Fsp3) is 0.0870. The van der Waals surface area contributed by atoms with Gasteiger partial charge in [0, 0.05) is 9.26 Å². The molecule has 0 atom stereocenters. The topological polar surface area (TPSA) is 64.0 Å². The molecule has 4 rings (SSSR count). The molecule has 1 aromatic heterocycles. The molecule has 7 heteroatoms. The summed E-state index contributed by atoms with van der Waals surface area (Å²) in [5.74, 6) is -0.0113. The molecule has 0 fully saturated rings. The lowest BCUT2D eigenvalue weighted by atomic mass is 10.2. The third-order valence-electron chi connectivity index (χ3n) is 4.56. The van der Waals surface area contributed by atoms with Gasteiger partial charge in [-0.2, -0.15) is 0 Å². The van der Waals surface area contributed by atoms with Crippen molar-refractivity contribution in [3.8, 4) is 5.69 Å². The number of carbonyl (C=O) groups excluding carboxylic acids is 1. The molecule has 30 heavy (non-hydrogen) atoms. The monoisotopic (exact) mass is 527 g/mol. The molecule has 0 bridgehead atoms. The number of para-hydroxylation sites is 2. The van der Waals surface area contributed by atoms with Crippen molar-refractivity contribution in [2.45, 2.75) is 12.1 Å². The molecule has 1 N–H and O–H groups in total. The van der Waals surface area contributed by atoms with E-state index in [2.05, 4.69) is 32.9 Å². The third kappa shape index (κ3) is 4.41. The Kier molecular flexibility index (Phi) is 6.19. The van der Waals surface area contributed by atoms with Crippen molar-refractivity contribution in [2.75, 3.05) is 11.1 Å². The first-order valence-electron chi connectivity index (χ1n) is 9.29. The summed E-state index contributed by atoms with van der Waals surface area (Å²) in [7, 11) is 0. The van der Waals surface area contributed by atoms with Gasteiger partial charge in [0.15, 0.2) is 5.16 Å². The van der Waals surface area contributed by atoms with Gasteiger partial charge >= 0.3 is 0 Å². The van der Waals surface area contributed by atoms with Crippen LogP contribution in [0.3, 0.4) is 0 Å². The molecule has 150 valence electrons. The van der Waals surface area contributed by atoms with E-state index in [4.69, 9.17) is 0 Å². The maximum absolute atomic E-state index is 13.3. The fourth-order valence-electron chi connectivity index (χ4n) is 3.10. The molecule has 0 aliphatic rings. The molecular weight excluding hydrogens is 509 g/mol. The second-order valence-corrected chi connectivity index (χ2v) is 8.87. The van der Waals surface area contributed by atoms with Crippen LogP contribution in [-0.4, -0.2) is 21.2 Å². The van der Waals surface area contributed by atoms with Crippen molar-refractivity contribution < 1.29 is 4.79 Å². The molecule has 3 aromatic carbocycles. The number of hydrogen-bond donors (Lipinski definition) is 1. The first-order valence-corrected chi connectivity index (χ1v) is 11.4. The van der Waals surface area contributed by atoms with E-state index < -0.39 is 0 Å². The number of nitrogens with one attached hydrogen (secondary N) is 1. The van der Waals surface area contributed by atoms with Crippen LogP contribution in [0.25, 0.3) is 16.6 Å². The fourth-order valence-corrected chi connectivity index (χ4v) is 4.26. The zero-order valence-corrected chi connectivity index (χ0v) is 19.1. The summed E-state index contributed by atoms with van der Waals surface area (Å²) in [5, 5.41) is 3.92. The van der Waals surface area contributed by atoms with Crippen LogP contribution in [0.2, 0.25) is 0 Å². The highest BCUT2D eigenvalue weighted by atomic mass is 127. The number of nitrogens with zero attached hydrogens (tertiary/aromatic N) is 2. The van der Waals surface area contributed by atoms with Crippen LogP contribution in [0.1, 0.15) is 5.56 Å². The highest BCUT2D eigenvalue weighted by Gasteiger charge is 2.16. The van der Waals surface area contributed by atoms with Crippen molar-refractivity contribution in [1.82, 2.24) is 9.55 Å². The smallest absolute Gasteiger partial charge is 0.266 e. The van der Waals surface area contributed by atoms with Crippen molar-refractivity contribution in [1.29, 1.82) is 0 Å². The molecule has 5 nitrogen and oxygen atoms in total. The minimum Gasteiger partial charge on any atom is -0.325 e. The van der Waals surface area contributed by atoms with E-state index in [0.717, 1.165) is 20.5 Å². The van der Waals surface area contributed by atoms with Crippen molar-refractivity contribution in [2.24, 2.45) is 0 Å². The first-order chi connectivity index (χ1) is 14.5. The van der Waals surface area contributed by atoms with Crippen molar-refractivity contribution >= 4 is 56.9 Å². The van der Waals surface area contributed by atoms with Crippen LogP contribution in [-0.2, 0) is 4.79 Å². The van der Waals surface area contributed by atoms with Crippen LogP contribution < -0.4 is 10.9 Å². The molecule has 0 saturated carbocycles. The minimum atomic E-state index is -0.153. The highest BCUT2D eigenvalue weighted by Crippen LogP contribution is 2.23. The average molecular weight is 527 g/mol. The zero-order valence-electron chi connectivity index (χ0n) is 16.1. The molecule has 0 unspecified atom stereocenters. The molecule has 4 aromatic rings. The number of aryl methyl sites for hydroxylation is 1. The molecular formula is C23H18IN3O2S. The number of aromatic nitrogens is 2. The Bertz CT molecular complexity index is 1290. The summed E-state index contributed by atoms with van der Waals surface area (Å²) >= 11 is 3.47. The minimum absolute atomic E-state index is 0.142. The van der Waals surface area contributed by atoms with E-state index in [-0.39, 0.29) is 17.2 Å². The van der Waals surface area contributed by atoms with Gasteiger partial charge in [0.2, 0.25) is 5.91 Å². The predicted molar refractivity (Wildman–Crippen MR) is 131 cm³/mol. The summed E-state index contributed by atoms with van der Waals surface area (Å²) in [5.41, 5.74) is 2.94. The number of rotatable bonds is 5. The molecule has 0 saturated heterocycles. The van der Waals surface area contributed by atoms with E-state index in [1.165, 1.54) is 11.8 Å². The average Bonchev–Trinajstić information content (AvgIpc) is 2.75. The Balaban J connectivity index is 1.68. The Morgan fingerprint density at radius 2 is 1.73 bits per heavy atom. The van der Waals surface area contributed by atoms with Gasteiger partial charge in [0.25, 0.3) is 5.56 Å². The van der Waals surface area contributed by atoms with Crippen molar-refractivity contribution in [3.63, 3.8) is 0 Å². The second kappa shape index (κ2) is 9.01. The second-order valence-electron chi connectivity index (χ2n) is 6.68. The van der Waals surface area contributed by atoms with Crippen LogP contribution in [0.4, 0.5) is 5.69 Å². The molecule has 0 radical (unpaired) electrons. The number of carbonyl (C=O) groups is 1. The van der Waals surface area contributed by atoms with Crippen LogP contribution >= 0.6 is 34.4 Å². The molecule has 0 aliphatic heterocycles. The Morgan fingerprint density at radius 1 is 1.03 bits per heavy atom. The van der Waals surface area contributed by atoms with E-state index >= 15 is 0 Å². The Labute approximate surface area is 191 Å². The van der Waals surface area contributed by atoms with E-state index in [1.807, 2.05) is 73.7 Å². The number of amides is 1. The largest absolute Gasteiger partial charge is 0.325 e. The van der Waals surface area contributed by atoms with Crippen molar-refractivity contribution in [3.05, 3.63) is 92.3 Å². The lowest BCUT2D eigenvalue weighted by Gasteiger charge is -2.15. The van der Waals surface area contributed by atoms with Crippen LogP contribution in [0.15, 0.2) is 82.7 Å². The van der Waals surface area contributed by atoms with E-state index in [0.29, 0.717) is 16.1 Å². The zero-order chi connectivity index (χ0) is 21.1. The SMILES string of the molecule is Cc1ccccc1-n1c(SCC(=O)Nc2ccc(I)cc2)nc2ccccc2c1=O. The number of thioether (sulfide) groups is 1. The van der Waals surface area contributed by atoms with Gasteiger partial charge in [0.05, 0.1) is 22.3 Å². The first kappa shape index (κ1) is 20.6. The Morgan fingerprint density at radius 3 is 2.50 bits per heavy atom. The van der Waals surface area contributed by atoms with Gasteiger partial charge in [-0.05, 0) is 77.5 Å². The van der Waals surface area contributed by atoms with Gasteiger partial charge in [-0.3, -0.25) is 14.2 Å². The predicted octanol–water partition coefficient (Wildman–Crippen LogP) is 5.03. The number of benzene rings is 3. The number of fused-ring (bicyclic) bond motifs is 1. The van der Waals surface area contributed by atoms with Gasteiger partial charge < -0.3 is 5.32 Å². The maximum Gasteiger partial charge on any atom is 0.266 e. The quantitative estimate of drug-likeness (QED) is 0.225. The Hall–Kier alpha value is -2.65. The molecule has 1 amide bonds. The molecule has 0 aliphatic carbocycles. The molecule has 0 spiro atoms. The highest BCUT2D eigenvalue weighted by molar-refractivity contribution is 14.1. The van der Waals surface area contributed by atoms with E-state index in [1.54, 1.807) is 10.6 Å². The number of anilines is 1. The lowest BCUT2D eigenvalue weighted by Crippen LogP contribution is -2.23. The molecule has 1 heterocycles. The summed E-state index contributed by atoms with van der Waals surface area (Å²) in [6, 6.07) is 22.5. The summed E-state index contributed by atoms with van der Waals surface area (Å²) < 4.78 is 2.70. The number of halogens is 1. The maximum atomic E-state index is 13.3. The van der Waals surface area contributed by atoms with Gasteiger partial charge in [-0.15, -0.1) is 0 Å². The standard InChI is InChI=1S/C23H18IN3O2S/c1-15-6-2-5-9-20(15)27-22(29)18-7-3-4-8-19(18)26-23(27)30-14-21(28)25-17-12-10-16(24)11-13-17/h2-13H,14H2,1H3,(H,25,28). The summed E-state index contributed by atoms with van der Waals surface area (Å²) in [4.78, 5) is 30.5. The van der Waals surface area contributed by atoms with E-state index in [9.17, 15) is 9.59 Å². The lowest BCUT2D eigenvalue weighted by molar-refractivity contribution is -0.113.